The minimum atomic E-state index is -2.53. The molecule has 0 aliphatic carbocycles. The Balaban J connectivity index is 2.18. The van der Waals surface area contributed by atoms with Crippen molar-refractivity contribution in [1.82, 2.24) is 0 Å². The van der Waals surface area contributed by atoms with Gasteiger partial charge >= 0.3 is 9.67 Å². The molecule has 49 heavy (non-hydrogen) atoms. The van der Waals surface area contributed by atoms with Crippen LogP contribution in [0.2, 0.25) is 19.6 Å². The van der Waals surface area contributed by atoms with Gasteiger partial charge in [-0.15, -0.1) is 0 Å². The molecule has 0 unspecified atom stereocenters. The highest BCUT2D eigenvalue weighted by molar-refractivity contribution is 14.3. The Kier molecular flexibility index (Phi) is 13.1. The summed E-state index contributed by atoms with van der Waals surface area (Å²) in [6.07, 6.45) is 4.89. The largest absolute Gasteiger partial charge is 0.415 e. The van der Waals surface area contributed by atoms with Crippen molar-refractivity contribution >= 4 is 78.6 Å². The zero-order chi connectivity index (χ0) is 36.7. The molecule has 0 aromatic heterocycles. The fraction of sp³-hybridized carbons (Fsp3) is 0.512. The first-order chi connectivity index (χ1) is 22.7. The van der Waals surface area contributed by atoms with E-state index in [0.29, 0.717) is 35.5 Å². The van der Waals surface area contributed by atoms with Crippen molar-refractivity contribution in [2.75, 3.05) is 13.9 Å². The highest BCUT2D eigenvalue weighted by Crippen LogP contribution is 2.50. The fourth-order valence-electron chi connectivity index (χ4n) is 7.61. The molecule has 0 saturated heterocycles. The lowest BCUT2D eigenvalue weighted by atomic mass is 9.87. The molecule has 0 amide bonds. The van der Waals surface area contributed by atoms with Crippen LogP contribution >= 0.6 is 43.6 Å². The normalized spacial score (nSPS) is 14.3. The Labute approximate surface area is 328 Å². The van der Waals surface area contributed by atoms with Gasteiger partial charge in [0, 0.05) is 29.5 Å². The molecule has 0 bridgehead atoms. The number of rotatable bonds is 12. The van der Waals surface area contributed by atoms with Crippen molar-refractivity contribution in [3.8, 4) is 0 Å². The van der Waals surface area contributed by atoms with Gasteiger partial charge in [-0.2, -0.15) is 0 Å². The van der Waals surface area contributed by atoms with E-state index in [0.717, 1.165) is 0 Å². The second-order valence-corrected chi connectivity index (χ2v) is 40.3. The maximum absolute atomic E-state index is 3.06. The molecule has 1 aliphatic rings. The SMILES string of the molecule is CC(C)c1cccc(C(C)C)c1N1C=CN(c2c(C(C)C)cccc2C(C)C)B1[Si](I)(I)N(c1c(C(C)C)cccc1C(C)C)[Si](C)(C)C. The van der Waals surface area contributed by atoms with Crippen LogP contribution in [0.5, 0.6) is 0 Å². The van der Waals surface area contributed by atoms with Gasteiger partial charge in [-0.3, -0.25) is 0 Å². The van der Waals surface area contributed by atoms with Crippen LogP contribution in [-0.2, 0) is 0 Å². The molecule has 0 saturated carbocycles. The lowest BCUT2D eigenvalue weighted by Crippen LogP contribution is -2.72. The van der Waals surface area contributed by atoms with E-state index in [9.17, 15) is 0 Å². The highest BCUT2D eigenvalue weighted by Gasteiger charge is 2.60. The van der Waals surface area contributed by atoms with Gasteiger partial charge in [0.25, 0.3) is 0 Å². The predicted octanol–water partition coefficient (Wildman–Crippen LogP) is 13.9. The molecule has 0 N–H and O–H groups in total. The second-order valence-electron chi connectivity index (χ2n) is 16.9. The Morgan fingerprint density at radius 2 is 0.755 bits per heavy atom. The van der Waals surface area contributed by atoms with Gasteiger partial charge in [0.1, 0.15) is 8.24 Å². The van der Waals surface area contributed by atoms with Crippen molar-refractivity contribution < 1.29 is 0 Å². The number of hydrogen-bond donors (Lipinski definition) is 0. The first-order valence-corrected chi connectivity index (χ1v) is 30.2. The van der Waals surface area contributed by atoms with Crippen molar-refractivity contribution in [2.45, 2.75) is 138 Å². The van der Waals surface area contributed by atoms with Gasteiger partial charge in [0.05, 0.1) is 0 Å². The summed E-state index contributed by atoms with van der Waals surface area (Å²) in [4.78, 5) is 5.47. The first kappa shape index (κ1) is 40.5. The standard InChI is InChI=1S/C41H62BI2N3Si2/c1-27(2)33-19-16-20-34(28(3)4)39(33)45-25-26-46(40-35(29(5)6)21-17-22-36(40)30(7)8)42(45)49(43,44)47(48(13,14)15)41-37(31(9)10)23-18-24-38(41)32(11)12/h16-32H,1-15H3. The molecule has 1 heterocycles. The Hall–Kier alpha value is -1.24. The van der Waals surface area contributed by atoms with Crippen molar-refractivity contribution in [3.63, 3.8) is 0 Å². The van der Waals surface area contributed by atoms with Crippen LogP contribution in [-0.4, -0.2) is 17.9 Å². The fourth-order valence-corrected chi connectivity index (χ4v) is 32.4. The van der Waals surface area contributed by atoms with Crippen LogP contribution in [0.3, 0.4) is 0 Å². The van der Waals surface area contributed by atoms with Gasteiger partial charge in [-0.05, 0) is 68.9 Å². The summed E-state index contributed by atoms with van der Waals surface area (Å²) in [7, 11) is -1.99. The molecule has 4 rings (SSSR count). The summed E-state index contributed by atoms with van der Waals surface area (Å²) >= 11 is 6.02. The number of hydrogen-bond acceptors (Lipinski definition) is 3. The summed E-state index contributed by atoms with van der Waals surface area (Å²) < 4.78 is 0.530. The average molecular weight is 918 g/mol. The zero-order valence-electron chi connectivity index (χ0n) is 33.0. The summed E-state index contributed by atoms with van der Waals surface area (Å²) in [5.41, 5.74) is 13.0. The van der Waals surface area contributed by atoms with E-state index in [2.05, 4.69) is 227 Å². The van der Waals surface area contributed by atoms with Crippen LogP contribution in [0.4, 0.5) is 17.1 Å². The third kappa shape index (κ3) is 8.07. The molecule has 3 aromatic rings. The van der Waals surface area contributed by atoms with Gasteiger partial charge in [0.15, 0.2) is 0 Å². The van der Waals surface area contributed by atoms with Crippen molar-refractivity contribution in [2.24, 2.45) is 0 Å². The van der Waals surface area contributed by atoms with Crippen molar-refractivity contribution in [1.29, 1.82) is 0 Å². The molecule has 0 atom stereocenters. The maximum atomic E-state index is 3.06. The molecule has 8 heteroatoms. The molecular formula is C41H62BI2N3Si2. The number of halogens is 2. The Morgan fingerprint density at radius 1 is 0.490 bits per heavy atom. The summed E-state index contributed by atoms with van der Waals surface area (Å²) in [6.45, 7) is 36.3. The molecule has 1 aliphatic heterocycles. The lowest BCUT2D eigenvalue weighted by molar-refractivity contribution is 0.831. The van der Waals surface area contributed by atoms with E-state index in [4.69, 9.17) is 0 Å². The van der Waals surface area contributed by atoms with Crippen LogP contribution in [0.15, 0.2) is 67.0 Å². The third-order valence-electron chi connectivity index (χ3n) is 9.96. The molecule has 0 spiro atoms. The maximum Gasteiger partial charge on any atom is 0.415 e. The summed E-state index contributed by atoms with van der Waals surface area (Å²) in [6, 6.07) is 21.2. The number of benzene rings is 3. The van der Waals surface area contributed by atoms with E-state index in [1.165, 1.54) is 50.4 Å². The lowest BCUT2D eigenvalue weighted by Gasteiger charge is -2.51. The molecule has 0 fully saturated rings. The molecular weight excluding hydrogens is 855 g/mol. The predicted molar refractivity (Wildman–Crippen MR) is 243 cm³/mol. The molecule has 0 radical (unpaired) electrons. The first-order valence-electron chi connectivity index (χ1n) is 18.5. The van der Waals surface area contributed by atoms with Crippen molar-refractivity contribution in [3.05, 3.63) is 100 Å². The topological polar surface area (TPSA) is 9.72 Å². The Morgan fingerprint density at radius 3 is 1.00 bits per heavy atom. The highest BCUT2D eigenvalue weighted by atomic mass is 127. The Bertz CT molecular complexity index is 1490. The van der Waals surface area contributed by atoms with E-state index in [-0.39, 0.29) is 6.57 Å². The minimum Gasteiger partial charge on any atom is -0.411 e. The number of anilines is 3. The quantitative estimate of drug-likeness (QED) is 0.102. The zero-order valence-corrected chi connectivity index (χ0v) is 39.3. The van der Waals surface area contributed by atoms with Crippen LogP contribution < -0.4 is 13.9 Å². The summed E-state index contributed by atoms with van der Waals surface area (Å²) in [5.74, 6) is 2.51. The van der Waals surface area contributed by atoms with Gasteiger partial charge < -0.3 is 13.9 Å². The monoisotopic (exact) mass is 917 g/mol. The van der Waals surface area contributed by atoms with Gasteiger partial charge in [0.2, 0.25) is 0 Å². The molecule has 266 valence electrons. The average Bonchev–Trinajstić information content (AvgIpc) is 3.44. The van der Waals surface area contributed by atoms with Crippen LogP contribution in [0.25, 0.3) is 0 Å². The molecule has 3 aromatic carbocycles. The van der Waals surface area contributed by atoms with E-state index in [1.54, 1.807) is 0 Å². The van der Waals surface area contributed by atoms with Gasteiger partial charge in [-0.25, -0.2) is 0 Å². The number of nitrogens with zero attached hydrogens (tertiary/aromatic N) is 3. The van der Waals surface area contributed by atoms with Crippen LogP contribution in [0.1, 0.15) is 152 Å². The van der Waals surface area contributed by atoms with E-state index < -0.39 is 11.3 Å². The minimum absolute atomic E-state index is 0.121. The van der Waals surface area contributed by atoms with Crippen LogP contribution in [0, 0.1) is 0 Å². The number of para-hydroxylation sites is 3. The van der Waals surface area contributed by atoms with E-state index >= 15 is 0 Å². The molecule has 3 nitrogen and oxygen atoms in total. The summed E-state index contributed by atoms with van der Waals surface area (Å²) in [5, 5.41) is 0. The van der Waals surface area contributed by atoms with Gasteiger partial charge in [-0.1, -0.05) is 201 Å². The smallest absolute Gasteiger partial charge is 0.411 e. The second kappa shape index (κ2) is 15.8. The van der Waals surface area contributed by atoms with E-state index in [1.807, 2.05) is 0 Å². The third-order valence-corrected chi connectivity index (χ3v) is 25.6.